The van der Waals surface area contributed by atoms with Crippen LogP contribution in [0.1, 0.15) is 12.0 Å². The first-order valence-corrected chi connectivity index (χ1v) is 11.7. The van der Waals surface area contributed by atoms with Crippen LogP contribution in [0.4, 0.5) is 5.69 Å². The molecular formula is C21H24N4O7S. The summed E-state index contributed by atoms with van der Waals surface area (Å²) in [5, 5.41) is 15.7. The van der Waals surface area contributed by atoms with Gasteiger partial charge in [-0.15, -0.1) is 0 Å². The largest absolute Gasteiger partial charge is 0.359 e. The van der Waals surface area contributed by atoms with Crippen LogP contribution in [-0.2, 0) is 30.8 Å². The molecule has 1 unspecified atom stereocenters. The molecule has 1 atom stereocenters. The molecule has 0 bridgehead atoms. The number of hydrogen-bond donors (Lipinski definition) is 2. The van der Waals surface area contributed by atoms with E-state index in [2.05, 4.69) is 10.6 Å². The second-order valence-corrected chi connectivity index (χ2v) is 9.14. The molecule has 2 aromatic rings. The molecule has 2 aromatic carbocycles. The maximum atomic E-state index is 12.9. The molecule has 0 saturated carbocycles. The number of sulfonamides is 1. The van der Waals surface area contributed by atoms with Crippen molar-refractivity contribution in [1.29, 1.82) is 0 Å². The summed E-state index contributed by atoms with van der Waals surface area (Å²) >= 11 is 0. The van der Waals surface area contributed by atoms with E-state index in [1.807, 2.05) is 30.3 Å². The average Bonchev–Trinajstić information content (AvgIpc) is 3.30. The van der Waals surface area contributed by atoms with Crippen LogP contribution in [-0.4, -0.2) is 61.9 Å². The zero-order valence-electron chi connectivity index (χ0n) is 17.7. The molecule has 0 aromatic heterocycles. The lowest BCUT2D eigenvalue weighted by molar-refractivity contribution is -0.384. The van der Waals surface area contributed by atoms with Gasteiger partial charge in [0.05, 0.1) is 23.0 Å². The van der Waals surface area contributed by atoms with Gasteiger partial charge in [-0.3, -0.25) is 19.7 Å². The van der Waals surface area contributed by atoms with E-state index in [1.165, 1.54) is 0 Å². The van der Waals surface area contributed by atoms with Crippen molar-refractivity contribution < 1.29 is 27.7 Å². The fourth-order valence-corrected chi connectivity index (χ4v) is 4.81. The minimum Gasteiger partial charge on any atom is -0.359 e. The minimum atomic E-state index is -4.01. The Balaban J connectivity index is 1.48. The molecule has 1 aliphatic rings. The van der Waals surface area contributed by atoms with E-state index in [-0.39, 0.29) is 30.3 Å². The number of carbonyl (C=O) groups excluding carboxylic acids is 2. The molecular weight excluding hydrogens is 452 g/mol. The van der Waals surface area contributed by atoms with E-state index >= 15 is 0 Å². The van der Waals surface area contributed by atoms with Gasteiger partial charge in [0.2, 0.25) is 10.0 Å². The highest BCUT2D eigenvalue weighted by Crippen LogP contribution is 2.24. The first-order chi connectivity index (χ1) is 15.8. The number of aryl methyl sites for hydroxylation is 1. The van der Waals surface area contributed by atoms with E-state index in [4.69, 9.17) is 4.74 Å². The molecule has 2 amide bonds. The van der Waals surface area contributed by atoms with E-state index in [0.717, 1.165) is 40.6 Å². The van der Waals surface area contributed by atoms with Gasteiger partial charge in [0, 0.05) is 25.2 Å². The first-order valence-electron chi connectivity index (χ1n) is 10.3. The molecule has 1 fully saturated rings. The molecule has 1 saturated heterocycles. The Morgan fingerprint density at radius 2 is 1.73 bits per heavy atom. The SMILES string of the molecule is O=C(NCCCc1ccccc1)C(=O)NCC1OCCN1S(=O)(=O)c1ccc([N+](=O)[O-])cc1. The summed E-state index contributed by atoms with van der Waals surface area (Å²) in [5.41, 5.74) is 0.897. The van der Waals surface area contributed by atoms with Crippen LogP contribution in [0.2, 0.25) is 0 Å². The van der Waals surface area contributed by atoms with Crippen LogP contribution in [0.25, 0.3) is 0 Å². The Bertz CT molecular complexity index is 1090. The van der Waals surface area contributed by atoms with Crippen LogP contribution in [0.5, 0.6) is 0 Å². The number of amides is 2. The van der Waals surface area contributed by atoms with Crippen molar-refractivity contribution in [3.05, 3.63) is 70.3 Å². The fraction of sp³-hybridized carbons (Fsp3) is 0.333. The number of ether oxygens (including phenoxy) is 1. The van der Waals surface area contributed by atoms with Crippen LogP contribution < -0.4 is 10.6 Å². The molecule has 0 aliphatic carbocycles. The number of nitrogens with one attached hydrogen (secondary N) is 2. The number of non-ortho nitro benzene ring substituents is 1. The van der Waals surface area contributed by atoms with Gasteiger partial charge in [0.1, 0.15) is 6.23 Å². The molecule has 33 heavy (non-hydrogen) atoms. The zero-order chi connectivity index (χ0) is 23.8. The smallest absolute Gasteiger partial charge is 0.309 e. The lowest BCUT2D eigenvalue weighted by Crippen LogP contribution is -2.47. The lowest BCUT2D eigenvalue weighted by Gasteiger charge is -2.22. The fourth-order valence-electron chi connectivity index (χ4n) is 3.30. The van der Waals surface area contributed by atoms with Crippen molar-refractivity contribution in [3.8, 4) is 0 Å². The highest BCUT2D eigenvalue weighted by atomic mass is 32.2. The van der Waals surface area contributed by atoms with Crippen molar-refractivity contribution >= 4 is 27.5 Å². The predicted molar refractivity (Wildman–Crippen MR) is 118 cm³/mol. The number of carbonyl (C=O) groups is 2. The van der Waals surface area contributed by atoms with Gasteiger partial charge >= 0.3 is 11.8 Å². The summed E-state index contributed by atoms with van der Waals surface area (Å²) < 4.78 is 32.2. The van der Waals surface area contributed by atoms with Crippen molar-refractivity contribution in [2.75, 3.05) is 26.2 Å². The van der Waals surface area contributed by atoms with Gasteiger partial charge in [0.15, 0.2) is 0 Å². The van der Waals surface area contributed by atoms with Crippen molar-refractivity contribution in [2.45, 2.75) is 24.0 Å². The highest BCUT2D eigenvalue weighted by molar-refractivity contribution is 7.89. The first kappa shape index (κ1) is 24.3. The Labute approximate surface area is 190 Å². The minimum absolute atomic E-state index is 0.0472. The predicted octanol–water partition coefficient (Wildman–Crippen LogP) is 0.807. The number of benzene rings is 2. The third-order valence-electron chi connectivity index (χ3n) is 5.01. The third kappa shape index (κ3) is 6.34. The van der Waals surface area contributed by atoms with Crippen LogP contribution in [0.3, 0.4) is 0 Å². The Morgan fingerprint density at radius 3 is 2.39 bits per heavy atom. The Morgan fingerprint density at radius 1 is 1.06 bits per heavy atom. The number of rotatable bonds is 9. The Hall–Kier alpha value is -3.35. The summed E-state index contributed by atoms with van der Waals surface area (Å²) in [6.07, 6.45) is 0.421. The Kier molecular flexibility index (Phi) is 8.09. The summed E-state index contributed by atoms with van der Waals surface area (Å²) in [4.78, 5) is 34.1. The summed E-state index contributed by atoms with van der Waals surface area (Å²) in [6.45, 7) is 0.258. The van der Waals surface area contributed by atoms with E-state index in [0.29, 0.717) is 13.0 Å². The van der Waals surface area contributed by atoms with Crippen molar-refractivity contribution in [3.63, 3.8) is 0 Å². The standard InChI is InChI=1S/C21H24N4O7S/c26-20(22-12-4-7-16-5-2-1-3-6-16)21(27)23-15-19-24(13-14-32-19)33(30,31)18-10-8-17(9-11-18)25(28)29/h1-3,5-6,8-11,19H,4,7,12-15H2,(H,22,26)(H,23,27). The van der Waals surface area contributed by atoms with Gasteiger partial charge in [-0.2, -0.15) is 4.31 Å². The van der Waals surface area contributed by atoms with E-state index in [9.17, 15) is 28.1 Å². The maximum Gasteiger partial charge on any atom is 0.309 e. The number of nitro benzene ring substituents is 1. The van der Waals surface area contributed by atoms with Gasteiger partial charge < -0.3 is 15.4 Å². The molecule has 0 radical (unpaired) electrons. The molecule has 0 spiro atoms. The van der Waals surface area contributed by atoms with Crippen LogP contribution >= 0.6 is 0 Å². The molecule has 1 aliphatic heterocycles. The molecule has 12 heteroatoms. The van der Waals surface area contributed by atoms with Crippen LogP contribution in [0, 0.1) is 10.1 Å². The normalized spacial score (nSPS) is 16.3. The lowest BCUT2D eigenvalue weighted by atomic mass is 10.1. The van der Waals surface area contributed by atoms with E-state index < -0.39 is 33.0 Å². The molecule has 11 nitrogen and oxygen atoms in total. The van der Waals surface area contributed by atoms with Crippen molar-refractivity contribution in [1.82, 2.24) is 14.9 Å². The second-order valence-electron chi connectivity index (χ2n) is 7.25. The number of nitrogens with zero attached hydrogens (tertiary/aromatic N) is 2. The maximum absolute atomic E-state index is 12.9. The molecule has 1 heterocycles. The van der Waals surface area contributed by atoms with Gasteiger partial charge in [-0.05, 0) is 30.5 Å². The molecule has 3 rings (SSSR count). The van der Waals surface area contributed by atoms with Gasteiger partial charge in [0.25, 0.3) is 5.69 Å². The van der Waals surface area contributed by atoms with Crippen molar-refractivity contribution in [2.24, 2.45) is 0 Å². The summed E-state index contributed by atoms with van der Waals surface area (Å²) in [6, 6.07) is 14.2. The zero-order valence-corrected chi connectivity index (χ0v) is 18.5. The topological polar surface area (TPSA) is 148 Å². The molecule has 176 valence electrons. The summed E-state index contributed by atoms with van der Waals surface area (Å²) in [5.74, 6) is -1.70. The van der Waals surface area contributed by atoms with Gasteiger partial charge in [-0.1, -0.05) is 30.3 Å². The summed E-state index contributed by atoms with van der Waals surface area (Å²) in [7, 11) is -4.01. The monoisotopic (exact) mass is 476 g/mol. The average molecular weight is 477 g/mol. The number of hydrogen-bond acceptors (Lipinski definition) is 7. The van der Waals surface area contributed by atoms with Crippen LogP contribution in [0.15, 0.2) is 59.5 Å². The third-order valence-corrected chi connectivity index (χ3v) is 6.91. The quantitative estimate of drug-likeness (QED) is 0.235. The second kappa shape index (κ2) is 11.0. The van der Waals surface area contributed by atoms with E-state index in [1.54, 1.807) is 0 Å². The highest BCUT2D eigenvalue weighted by Gasteiger charge is 2.36. The van der Waals surface area contributed by atoms with Gasteiger partial charge in [-0.25, -0.2) is 8.42 Å². The molecule has 2 N–H and O–H groups in total. The number of nitro groups is 1.